The van der Waals surface area contributed by atoms with Crippen LogP contribution in [0.4, 0.5) is 0 Å². The Kier molecular flexibility index (Phi) is 5.26. The third kappa shape index (κ3) is 3.71. The first kappa shape index (κ1) is 18.4. The molecule has 28 heavy (non-hydrogen) atoms. The minimum absolute atomic E-state index is 0.130. The first-order valence-corrected chi connectivity index (χ1v) is 10.3. The molecule has 3 N–H and O–H groups in total. The number of nitrogens with two attached hydrogens (primary N) is 1. The van der Waals surface area contributed by atoms with E-state index < -0.39 is 5.91 Å². The summed E-state index contributed by atoms with van der Waals surface area (Å²) in [6, 6.07) is 21.8. The number of hydrogen-bond acceptors (Lipinski definition) is 3. The predicted molar refractivity (Wildman–Crippen MR) is 112 cm³/mol. The van der Waals surface area contributed by atoms with Gasteiger partial charge in [-0.2, -0.15) is 0 Å². The Bertz CT molecular complexity index is 997. The molecule has 0 unspecified atom stereocenters. The van der Waals surface area contributed by atoms with E-state index in [2.05, 4.69) is 41.7 Å². The Morgan fingerprint density at radius 1 is 0.964 bits per heavy atom. The van der Waals surface area contributed by atoms with E-state index in [-0.39, 0.29) is 17.9 Å². The molecule has 0 fully saturated rings. The van der Waals surface area contributed by atoms with Crippen LogP contribution in [0.1, 0.15) is 60.8 Å². The summed E-state index contributed by atoms with van der Waals surface area (Å²) in [6.45, 7) is 0. The van der Waals surface area contributed by atoms with Gasteiger partial charge in [0.15, 0.2) is 0 Å². The van der Waals surface area contributed by atoms with E-state index in [1.807, 2.05) is 18.2 Å². The van der Waals surface area contributed by atoms with E-state index in [1.165, 1.54) is 11.1 Å². The molecule has 2 atom stereocenters. The van der Waals surface area contributed by atoms with Crippen molar-refractivity contribution in [3.05, 3.63) is 93.2 Å². The largest absolute Gasteiger partial charge is 0.365 e. The Hall–Kier alpha value is -2.92. The Balaban J connectivity index is 1.67. The van der Waals surface area contributed by atoms with Gasteiger partial charge in [-0.25, -0.2) is 0 Å². The fraction of sp³-hybridized carbons (Fsp3) is 0.217. The molecule has 5 heteroatoms. The van der Waals surface area contributed by atoms with Crippen LogP contribution in [0.3, 0.4) is 0 Å². The van der Waals surface area contributed by atoms with Gasteiger partial charge in [-0.3, -0.25) is 9.59 Å². The van der Waals surface area contributed by atoms with Crippen molar-refractivity contribution in [3.63, 3.8) is 0 Å². The quantitative estimate of drug-likeness (QED) is 0.676. The lowest BCUT2D eigenvalue weighted by Gasteiger charge is -2.33. The van der Waals surface area contributed by atoms with Crippen molar-refractivity contribution in [2.45, 2.75) is 31.2 Å². The standard InChI is InChI=1S/C23H22N2O2S/c24-22(26)19-13-14-20(28-19)23(27)25-21(16-8-2-1-3-9-16)18-12-6-10-15-7-4-5-11-17(15)18/h1-5,7-9,11,13-14,18,21H,6,10,12H2,(H2,24,26)(H,25,27)/t18-,21+/m1/s1. The number of nitrogens with one attached hydrogen (secondary N) is 1. The smallest absolute Gasteiger partial charge is 0.261 e. The molecule has 0 saturated carbocycles. The van der Waals surface area contributed by atoms with Crippen molar-refractivity contribution < 1.29 is 9.59 Å². The van der Waals surface area contributed by atoms with Crippen molar-refractivity contribution in [1.82, 2.24) is 5.32 Å². The zero-order valence-corrected chi connectivity index (χ0v) is 16.2. The van der Waals surface area contributed by atoms with Gasteiger partial charge in [-0.05, 0) is 48.1 Å². The van der Waals surface area contributed by atoms with E-state index in [4.69, 9.17) is 5.73 Å². The summed E-state index contributed by atoms with van der Waals surface area (Å²) in [5.41, 5.74) is 9.09. The van der Waals surface area contributed by atoms with Gasteiger partial charge in [-0.15, -0.1) is 11.3 Å². The topological polar surface area (TPSA) is 72.2 Å². The number of aryl methyl sites for hydroxylation is 1. The average Bonchev–Trinajstić information content (AvgIpc) is 3.23. The number of primary amides is 1. The monoisotopic (exact) mass is 390 g/mol. The van der Waals surface area contributed by atoms with Gasteiger partial charge >= 0.3 is 0 Å². The average molecular weight is 391 g/mol. The number of rotatable bonds is 5. The molecule has 0 saturated heterocycles. The highest BCUT2D eigenvalue weighted by Crippen LogP contribution is 2.40. The number of benzene rings is 2. The molecular weight excluding hydrogens is 368 g/mol. The highest BCUT2D eigenvalue weighted by Gasteiger charge is 2.30. The fourth-order valence-corrected chi connectivity index (χ4v) is 4.78. The minimum atomic E-state index is -0.509. The summed E-state index contributed by atoms with van der Waals surface area (Å²) in [7, 11) is 0. The predicted octanol–water partition coefficient (Wildman–Crippen LogP) is 4.44. The van der Waals surface area contributed by atoms with Gasteiger partial charge < -0.3 is 11.1 Å². The molecule has 2 amide bonds. The molecule has 142 valence electrons. The lowest BCUT2D eigenvalue weighted by Crippen LogP contribution is -2.33. The maximum atomic E-state index is 13.0. The molecular formula is C23H22N2O2S. The molecule has 1 heterocycles. The van der Waals surface area contributed by atoms with Gasteiger partial charge in [0, 0.05) is 5.92 Å². The molecule has 4 nitrogen and oxygen atoms in total. The second-order valence-electron chi connectivity index (χ2n) is 7.09. The zero-order valence-electron chi connectivity index (χ0n) is 15.4. The van der Waals surface area contributed by atoms with Gasteiger partial charge in [-0.1, -0.05) is 54.6 Å². The van der Waals surface area contributed by atoms with Crippen LogP contribution in [0.25, 0.3) is 0 Å². The Morgan fingerprint density at radius 3 is 2.43 bits per heavy atom. The van der Waals surface area contributed by atoms with Gasteiger partial charge in [0.1, 0.15) is 0 Å². The van der Waals surface area contributed by atoms with Crippen LogP contribution in [-0.4, -0.2) is 11.8 Å². The summed E-state index contributed by atoms with van der Waals surface area (Å²) in [6.07, 6.45) is 3.20. The van der Waals surface area contributed by atoms with Crippen molar-refractivity contribution in [2.24, 2.45) is 5.73 Å². The molecule has 1 aliphatic rings. The second-order valence-corrected chi connectivity index (χ2v) is 8.17. The molecule has 0 aliphatic heterocycles. The van der Waals surface area contributed by atoms with E-state index in [0.717, 1.165) is 36.2 Å². The third-order valence-electron chi connectivity index (χ3n) is 5.34. The number of carbonyl (C=O) groups is 2. The number of hydrogen-bond donors (Lipinski definition) is 2. The molecule has 0 bridgehead atoms. The second kappa shape index (κ2) is 7.98. The molecule has 3 aromatic rings. The first-order chi connectivity index (χ1) is 13.6. The molecule has 2 aromatic carbocycles. The molecule has 0 radical (unpaired) electrons. The van der Waals surface area contributed by atoms with E-state index in [1.54, 1.807) is 12.1 Å². The molecule has 1 aromatic heterocycles. The third-order valence-corrected chi connectivity index (χ3v) is 6.43. The lowest BCUT2D eigenvalue weighted by molar-refractivity contribution is 0.0931. The van der Waals surface area contributed by atoms with Crippen LogP contribution in [0.15, 0.2) is 66.7 Å². The van der Waals surface area contributed by atoms with Crippen molar-refractivity contribution in [1.29, 1.82) is 0 Å². The van der Waals surface area contributed by atoms with Crippen molar-refractivity contribution in [2.75, 3.05) is 0 Å². The number of thiophene rings is 1. The Labute approximate surface area is 168 Å². The van der Waals surface area contributed by atoms with Gasteiger partial charge in [0.2, 0.25) is 0 Å². The summed E-state index contributed by atoms with van der Waals surface area (Å²) < 4.78 is 0. The number of fused-ring (bicyclic) bond motifs is 1. The van der Waals surface area contributed by atoms with E-state index in [9.17, 15) is 9.59 Å². The molecule has 4 rings (SSSR count). The minimum Gasteiger partial charge on any atom is -0.365 e. The van der Waals surface area contributed by atoms with E-state index in [0.29, 0.717) is 9.75 Å². The lowest BCUT2D eigenvalue weighted by atomic mass is 9.76. The van der Waals surface area contributed by atoms with Crippen LogP contribution in [0.5, 0.6) is 0 Å². The SMILES string of the molecule is NC(=O)c1ccc(C(=O)N[C@@H](c2ccccc2)[C@@H]2CCCc3ccccc32)s1. The van der Waals surface area contributed by atoms with Gasteiger partial charge in [0.25, 0.3) is 11.8 Å². The number of carbonyl (C=O) groups excluding carboxylic acids is 2. The van der Waals surface area contributed by atoms with Crippen molar-refractivity contribution in [3.8, 4) is 0 Å². The molecule has 0 spiro atoms. The highest BCUT2D eigenvalue weighted by atomic mass is 32.1. The maximum absolute atomic E-state index is 13.0. The van der Waals surface area contributed by atoms with Crippen LogP contribution in [0, 0.1) is 0 Å². The van der Waals surface area contributed by atoms with Crippen LogP contribution in [0.2, 0.25) is 0 Å². The summed E-state index contributed by atoms with van der Waals surface area (Å²) in [4.78, 5) is 25.2. The normalized spacial score (nSPS) is 16.8. The highest BCUT2D eigenvalue weighted by molar-refractivity contribution is 7.15. The maximum Gasteiger partial charge on any atom is 0.261 e. The number of amides is 2. The van der Waals surface area contributed by atoms with Gasteiger partial charge in [0.05, 0.1) is 15.8 Å². The first-order valence-electron chi connectivity index (χ1n) is 9.47. The van der Waals surface area contributed by atoms with Crippen molar-refractivity contribution >= 4 is 23.2 Å². The Morgan fingerprint density at radius 2 is 1.68 bits per heavy atom. The summed E-state index contributed by atoms with van der Waals surface area (Å²) >= 11 is 1.13. The zero-order chi connectivity index (χ0) is 19.5. The fourth-order valence-electron chi connectivity index (χ4n) is 4.02. The van der Waals surface area contributed by atoms with Crippen LogP contribution < -0.4 is 11.1 Å². The summed E-state index contributed by atoms with van der Waals surface area (Å²) in [5.74, 6) is -0.467. The van der Waals surface area contributed by atoms with E-state index >= 15 is 0 Å². The van der Waals surface area contributed by atoms with Crippen LogP contribution >= 0.6 is 11.3 Å². The van der Waals surface area contributed by atoms with Crippen LogP contribution in [-0.2, 0) is 6.42 Å². The summed E-state index contributed by atoms with van der Waals surface area (Å²) in [5, 5.41) is 3.23. The molecule has 1 aliphatic carbocycles.